The number of Topliss-reactive ketones (excluding diaryl/α,β-unsaturated/α-hetero) is 1. The van der Waals surface area contributed by atoms with Crippen LogP contribution in [0.5, 0.6) is 0 Å². The van der Waals surface area contributed by atoms with Gasteiger partial charge >= 0.3 is 0 Å². The van der Waals surface area contributed by atoms with Crippen molar-refractivity contribution in [3.05, 3.63) is 13.2 Å². The predicted octanol–water partition coefficient (Wildman–Crippen LogP) is 3.88. The van der Waals surface area contributed by atoms with Crippen LogP contribution in [0.2, 0.25) is 0 Å². The number of ketones is 1. The van der Waals surface area contributed by atoms with Gasteiger partial charge in [0.25, 0.3) is 0 Å². The van der Waals surface area contributed by atoms with E-state index in [9.17, 15) is 4.79 Å². The van der Waals surface area contributed by atoms with Crippen LogP contribution in [0.1, 0.15) is 71.6 Å². The lowest BCUT2D eigenvalue weighted by molar-refractivity contribution is -0.118. The molecule has 0 spiro atoms. The van der Waals surface area contributed by atoms with Crippen LogP contribution < -0.4 is 0 Å². The van der Waals surface area contributed by atoms with Crippen LogP contribution in [-0.2, 0) is 4.79 Å². The van der Waals surface area contributed by atoms with Gasteiger partial charge in [-0.05, 0) is 19.3 Å². The van der Waals surface area contributed by atoms with Gasteiger partial charge in [0.2, 0.25) is 0 Å². The van der Waals surface area contributed by atoms with Gasteiger partial charge in [-0.3, -0.25) is 4.79 Å². The summed E-state index contributed by atoms with van der Waals surface area (Å²) in [4.78, 5) is 10.6. The first-order chi connectivity index (χ1) is 9.20. The van der Waals surface area contributed by atoms with Gasteiger partial charge < -0.3 is 10.2 Å². The Kier molecular flexibility index (Phi) is 27.7. The fourth-order valence-corrected chi connectivity index (χ4v) is 1.63. The van der Waals surface area contributed by atoms with E-state index in [1.54, 1.807) is 0 Å². The van der Waals surface area contributed by atoms with Gasteiger partial charge in [0.05, 0.1) is 6.10 Å². The van der Waals surface area contributed by atoms with Gasteiger partial charge in [0.15, 0.2) is 0 Å². The number of hydrogen-bond acceptors (Lipinski definition) is 3. The Hall–Kier alpha value is -0.670. The van der Waals surface area contributed by atoms with E-state index >= 15 is 0 Å². The molecule has 0 aromatic rings. The quantitative estimate of drug-likeness (QED) is 0.765. The summed E-state index contributed by atoms with van der Waals surface area (Å²) in [6, 6.07) is 0. The zero-order chi connectivity index (χ0) is 15.5. The SMILES string of the molecule is C=C.CCCCC(=O)CC.CO.OC1CCCCC1. The lowest BCUT2D eigenvalue weighted by Gasteiger charge is -2.14. The predicted molar refractivity (Wildman–Crippen MR) is 83.3 cm³/mol. The molecule has 0 saturated heterocycles. The molecule has 1 rings (SSSR count). The molecule has 0 aliphatic heterocycles. The minimum Gasteiger partial charge on any atom is -0.400 e. The Morgan fingerprint density at radius 1 is 1.11 bits per heavy atom. The molecular formula is C16H34O3. The Labute approximate surface area is 119 Å². The van der Waals surface area contributed by atoms with Gasteiger partial charge in [-0.25, -0.2) is 0 Å². The summed E-state index contributed by atoms with van der Waals surface area (Å²) in [5, 5.41) is 15.9. The van der Waals surface area contributed by atoms with Crippen LogP contribution in [0.15, 0.2) is 13.2 Å². The molecule has 1 aliphatic rings. The highest BCUT2D eigenvalue weighted by molar-refractivity contribution is 5.77. The van der Waals surface area contributed by atoms with Gasteiger partial charge in [-0.2, -0.15) is 0 Å². The van der Waals surface area contributed by atoms with Crippen molar-refractivity contribution in [2.45, 2.75) is 77.7 Å². The second-order valence-electron chi connectivity index (χ2n) is 4.29. The van der Waals surface area contributed by atoms with Crippen LogP contribution >= 0.6 is 0 Å². The van der Waals surface area contributed by atoms with E-state index in [0.717, 1.165) is 39.2 Å². The number of carbonyl (C=O) groups excluding carboxylic acids is 1. The van der Waals surface area contributed by atoms with Crippen LogP contribution in [0.25, 0.3) is 0 Å². The van der Waals surface area contributed by atoms with Gasteiger partial charge in [0.1, 0.15) is 5.78 Å². The van der Waals surface area contributed by atoms with E-state index in [0.29, 0.717) is 12.2 Å². The molecule has 1 aliphatic carbocycles. The van der Waals surface area contributed by atoms with Gasteiger partial charge in [-0.1, -0.05) is 39.5 Å². The molecule has 1 saturated carbocycles. The van der Waals surface area contributed by atoms with E-state index in [4.69, 9.17) is 10.2 Å². The van der Waals surface area contributed by atoms with Crippen molar-refractivity contribution in [1.82, 2.24) is 0 Å². The Morgan fingerprint density at radius 2 is 1.58 bits per heavy atom. The molecule has 0 radical (unpaired) electrons. The third-order valence-corrected chi connectivity index (χ3v) is 2.78. The topological polar surface area (TPSA) is 57.5 Å². The Morgan fingerprint density at radius 3 is 1.84 bits per heavy atom. The second kappa shape index (κ2) is 22.5. The average Bonchev–Trinajstić information content (AvgIpc) is 2.50. The minimum atomic E-state index is 0.0359. The molecule has 0 amide bonds. The lowest BCUT2D eigenvalue weighted by atomic mass is 9.98. The third kappa shape index (κ3) is 22.9. The smallest absolute Gasteiger partial charge is 0.132 e. The molecule has 0 heterocycles. The van der Waals surface area contributed by atoms with Gasteiger partial charge in [-0.15, -0.1) is 13.2 Å². The van der Waals surface area contributed by atoms with Crippen molar-refractivity contribution in [2.75, 3.05) is 7.11 Å². The van der Waals surface area contributed by atoms with Crippen LogP contribution in [0, 0.1) is 0 Å². The number of unbranched alkanes of at least 4 members (excludes halogenated alkanes) is 1. The maximum absolute atomic E-state index is 10.6. The van der Waals surface area contributed by atoms with E-state index < -0.39 is 0 Å². The number of aliphatic hydroxyl groups excluding tert-OH is 2. The van der Waals surface area contributed by atoms with Gasteiger partial charge in [0, 0.05) is 20.0 Å². The van der Waals surface area contributed by atoms with E-state index in [1.165, 1.54) is 19.3 Å². The normalized spacial score (nSPS) is 13.7. The monoisotopic (exact) mass is 274 g/mol. The van der Waals surface area contributed by atoms with Crippen LogP contribution in [0.4, 0.5) is 0 Å². The zero-order valence-electron chi connectivity index (χ0n) is 13.2. The first kappa shape index (κ1) is 23.4. The molecule has 1 fully saturated rings. The van der Waals surface area contributed by atoms with Crippen molar-refractivity contribution < 1.29 is 15.0 Å². The summed E-state index contributed by atoms with van der Waals surface area (Å²) < 4.78 is 0. The molecular weight excluding hydrogens is 240 g/mol. The van der Waals surface area contributed by atoms with Crippen molar-refractivity contribution in [2.24, 2.45) is 0 Å². The third-order valence-electron chi connectivity index (χ3n) is 2.78. The maximum Gasteiger partial charge on any atom is 0.132 e. The highest BCUT2D eigenvalue weighted by Gasteiger charge is 2.07. The summed E-state index contributed by atoms with van der Waals surface area (Å²) in [5.74, 6) is 0.395. The molecule has 0 aromatic carbocycles. The summed E-state index contributed by atoms with van der Waals surface area (Å²) in [6.07, 6.45) is 9.61. The van der Waals surface area contributed by atoms with Crippen molar-refractivity contribution in [3.8, 4) is 0 Å². The highest BCUT2D eigenvalue weighted by Crippen LogP contribution is 2.16. The number of aliphatic hydroxyl groups is 2. The second-order valence-corrected chi connectivity index (χ2v) is 4.29. The first-order valence-corrected chi connectivity index (χ1v) is 7.35. The van der Waals surface area contributed by atoms with E-state index in [1.807, 2.05) is 6.92 Å². The standard InChI is InChI=1S/C7H14O.C6H12O.C2H4.CH4O/c1-3-5-6-7(8)4-2;7-6-4-2-1-3-5-6;2*1-2/h3-6H2,1-2H3;6-7H,1-5H2;1-2H2;2H,1H3. The number of carbonyl (C=O) groups is 1. The summed E-state index contributed by atoms with van der Waals surface area (Å²) in [5.41, 5.74) is 0. The molecule has 0 bridgehead atoms. The summed E-state index contributed by atoms with van der Waals surface area (Å²) in [7, 11) is 1.00. The molecule has 2 N–H and O–H groups in total. The van der Waals surface area contributed by atoms with Crippen molar-refractivity contribution >= 4 is 5.78 Å². The zero-order valence-corrected chi connectivity index (χ0v) is 13.2. The maximum atomic E-state index is 10.6. The summed E-state index contributed by atoms with van der Waals surface area (Å²) >= 11 is 0. The molecule has 116 valence electrons. The lowest BCUT2D eigenvalue weighted by Crippen LogP contribution is -2.09. The molecule has 0 aromatic heterocycles. The molecule has 19 heavy (non-hydrogen) atoms. The first-order valence-electron chi connectivity index (χ1n) is 7.35. The minimum absolute atomic E-state index is 0.0359. The van der Waals surface area contributed by atoms with E-state index in [2.05, 4.69) is 20.1 Å². The largest absolute Gasteiger partial charge is 0.400 e. The van der Waals surface area contributed by atoms with Crippen LogP contribution in [-0.4, -0.2) is 29.2 Å². The fourth-order valence-electron chi connectivity index (χ4n) is 1.63. The van der Waals surface area contributed by atoms with Crippen LogP contribution in [0.3, 0.4) is 0 Å². The Balaban J connectivity index is -0.000000214. The number of hydrogen-bond donors (Lipinski definition) is 2. The highest BCUT2D eigenvalue weighted by atomic mass is 16.3. The van der Waals surface area contributed by atoms with Crippen molar-refractivity contribution in [1.29, 1.82) is 0 Å². The Bertz CT molecular complexity index is 163. The molecule has 3 nitrogen and oxygen atoms in total. The number of rotatable bonds is 4. The van der Waals surface area contributed by atoms with Crippen molar-refractivity contribution in [3.63, 3.8) is 0 Å². The molecule has 3 heteroatoms. The molecule has 0 atom stereocenters. The fraction of sp³-hybridized carbons (Fsp3) is 0.812. The van der Waals surface area contributed by atoms with E-state index in [-0.39, 0.29) is 6.10 Å². The average molecular weight is 274 g/mol. The summed E-state index contributed by atoms with van der Waals surface area (Å²) in [6.45, 7) is 10.0. The molecule has 0 unspecified atom stereocenters.